The fourth-order valence-corrected chi connectivity index (χ4v) is 4.89. The van der Waals surface area contributed by atoms with Gasteiger partial charge in [-0.1, -0.05) is 13.8 Å². The average molecular weight is 366 g/mol. The fourth-order valence-electron chi connectivity index (χ4n) is 3.37. The van der Waals surface area contributed by atoms with E-state index in [1.807, 2.05) is 13.8 Å². The predicted octanol–water partition coefficient (Wildman–Crippen LogP) is 1.89. The highest BCUT2D eigenvalue weighted by Crippen LogP contribution is 2.29. The predicted molar refractivity (Wildman–Crippen MR) is 95.1 cm³/mol. The van der Waals surface area contributed by atoms with Gasteiger partial charge in [0.05, 0.1) is 11.5 Å². The SMILES string of the molecule is CC(C)C(=O)N1CCCN(S(=O)(=O)c2ccc3c(c2)CCCO3)CC1. The Bertz CT molecular complexity index is 745. The summed E-state index contributed by atoms with van der Waals surface area (Å²) < 4.78 is 33.1. The first-order valence-corrected chi connectivity index (χ1v) is 10.4. The highest BCUT2D eigenvalue weighted by molar-refractivity contribution is 7.89. The van der Waals surface area contributed by atoms with E-state index in [9.17, 15) is 13.2 Å². The molecule has 0 saturated carbocycles. The monoisotopic (exact) mass is 366 g/mol. The molecule has 3 rings (SSSR count). The number of nitrogens with zero attached hydrogens (tertiary/aromatic N) is 2. The minimum absolute atomic E-state index is 0.0659. The number of carbonyl (C=O) groups excluding carboxylic acids is 1. The average Bonchev–Trinajstić information content (AvgIpc) is 2.87. The molecule has 1 aromatic carbocycles. The zero-order valence-corrected chi connectivity index (χ0v) is 15.7. The Labute approximate surface area is 149 Å². The molecule has 138 valence electrons. The standard InChI is InChI=1S/C18H26N2O4S/c1-14(2)18(21)19-8-4-9-20(11-10-19)25(22,23)16-6-7-17-15(13-16)5-3-12-24-17/h6-7,13-14H,3-5,8-12H2,1-2H3. The van der Waals surface area contributed by atoms with Gasteiger partial charge in [0.25, 0.3) is 0 Å². The summed E-state index contributed by atoms with van der Waals surface area (Å²) in [6.07, 6.45) is 2.41. The molecule has 2 heterocycles. The second-order valence-electron chi connectivity index (χ2n) is 6.96. The largest absolute Gasteiger partial charge is 0.493 e. The van der Waals surface area contributed by atoms with Gasteiger partial charge in [-0.25, -0.2) is 8.42 Å². The zero-order valence-electron chi connectivity index (χ0n) is 14.9. The Hall–Kier alpha value is -1.60. The summed E-state index contributed by atoms with van der Waals surface area (Å²) in [5, 5.41) is 0. The van der Waals surface area contributed by atoms with Crippen molar-refractivity contribution in [2.24, 2.45) is 5.92 Å². The maximum atomic E-state index is 13.0. The van der Waals surface area contributed by atoms with Crippen molar-refractivity contribution in [1.29, 1.82) is 0 Å². The van der Waals surface area contributed by atoms with Gasteiger partial charge in [0.2, 0.25) is 15.9 Å². The number of hydrogen-bond acceptors (Lipinski definition) is 4. The zero-order chi connectivity index (χ0) is 18.0. The molecule has 0 spiro atoms. The molecule has 0 aromatic heterocycles. The summed E-state index contributed by atoms with van der Waals surface area (Å²) in [5.41, 5.74) is 0.957. The van der Waals surface area contributed by atoms with Crippen LogP contribution in [0.3, 0.4) is 0 Å². The van der Waals surface area contributed by atoms with Gasteiger partial charge in [-0.05, 0) is 43.0 Å². The van der Waals surface area contributed by atoms with Crippen LogP contribution in [0.2, 0.25) is 0 Å². The van der Waals surface area contributed by atoms with E-state index in [4.69, 9.17) is 4.74 Å². The van der Waals surface area contributed by atoms with Crippen molar-refractivity contribution in [3.8, 4) is 5.75 Å². The number of ether oxygens (including phenoxy) is 1. The smallest absolute Gasteiger partial charge is 0.243 e. The number of sulfonamides is 1. The van der Waals surface area contributed by atoms with E-state index in [1.54, 1.807) is 23.1 Å². The van der Waals surface area contributed by atoms with Crippen molar-refractivity contribution in [3.63, 3.8) is 0 Å². The Morgan fingerprint density at radius 2 is 1.92 bits per heavy atom. The number of hydrogen-bond donors (Lipinski definition) is 0. The Kier molecular flexibility index (Phi) is 5.34. The second kappa shape index (κ2) is 7.33. The molecule has 0 radical (unpaired) electrons. The summed E-state index contributed by atoms with van der Waals surface area (Å²) in [5.74, 6) is 0.809. The molecular weight excluding hydrogens is 340 g/mol. The van der Waals surface area contributed by atoms with Crippen LogP contribution in [0.5, 0.6) is 5.75 Å². The number of benzene rings is 1. The summed E-state index contributed by atoms with van der Waals surface area (Å²) in [6, 6.07) is 5.13. The molecule has 2 aliphatic heterocycles. The third kappa shape index (κ3) is 3.82. The molecule has 1 fully saturated rings. The highest BCUT2D eigenvalue weighted by atomic mass is 32.2. The molecule has 0 N–H and O–H groups in total. The molecule has 0 bridgehead atoms. The van der Waals surface area contributed by atoms with E-state index in [0.29, 0.717) is 44.1 Å². The molecule has 1 aromatic rings. The molecule has 1 saturated heterocycles. The number of carbonyl (C=O) groups is 1. The van der Waals surface area contributed by atoms with Crippen molar-refractivity contribution in [3.05, 3.63) is 23.8 Å². The van der Waals surface area contributed by atoms with Crippen LogP contribution in [0.25, 0.3) is 0 Å². The van der Waals surface area contributed by atoms with Crippen molar-refractivity contribution >= 4 is 15.9 Å². The summed E-state index contributed by atoms with van der Waals surface area (Å²) in [4.78, 5) is 14.3. The first kappa shape index (κ1) is 18.2. The normalized spacial score (nSPS) is 19.2. The first-order valence-electron chi connectivity index (χ1n) is 8.94. The lowest BCUT2D eigenvalue weighted by molar-refractivity contribution is -0.134. The van der Waals surface area contributed by atoms with Crippen LogP contribution in [0.1, 0.15) is 32.3 Å². The molecule has 2 aliphatic rings. The van der Waals surface area contributed by atoms with Gasteiger partial charge in [0, 0.05) is 32.1 Å². The summed E-state index contributed by atoms with van der Waals surface area (Å²) in [6.45, 7) is 6.27. The number of aryl methyl sites for hydroxylation is 1. The van der Waals surface area contributed by atoms with Gasteiger partial charge in [-0.15, -0.1) is 0 Å². The van der Waals surface area contributed by atoms with Crippen LogP contribution in [-0.4, -0.2) is 56.3 Å². The van der Waals surface area contributed by atoms with E-state index < -0.39 is 10.0 Å². The summed E-state index contributed by atoms with van der Waals surface area (Å²) >= 11 is 0. The van der Waals surface area contributed by atoms with Crippen molar-refractivity contribution < 1.29 is 17.9 Å². The number of amides is 1. The van der Waals surface area contributed by atoms with Crippen LogP contribution in [0.4, 0.5) is 0 Å². The maximum Gasteiger partial charge on any atom is 0.243 e. The Balaban J connectivity index is 1.77. The minimum Gasteiger partial charge on any atom is -0.493 e. The van der Waals surface area contributed by atoms with Gasteiger partial charge >= 0.3 is 0 Å². The van der Waals surface area contributed by atoms with Crippen LogP contribution in [-0.2, 0) is 21.2 Å². The highest BCUT2D eigenvalue weighted by Gasteiger charge is 2.29. The van der Waals surface area contributed by atoms with E-state index in [-0.39, 0.29) is 11.8 Å². The van der Waals surface area contributed by atoms with Crippen LogP contribution < -0.4 is 4.74 Å². The molecule has 1 amide bonds. The van der Waals surface area contributed by atoms with E-state index in [0.717, 1.165) is 24.2 Å². The van der Waals surface area contributed by atoms with Gasteiger partial charge < -0.3 is 9.64 Å². The van der Waals surface area contributed by atoms with Crippen LogP contribution in [0.15, 0.2) is 23.1 Å². The summed E-state index contributed by atoms with van der Waals surface area (Å²) in [7, 11) is -3.55. The third-order valence-corrected chi connectivity index (χ3v) is 6.67. The topological polar surface area (TPSA) is 66.9 Å². The van der Waals surface area contributed by atoms with E-state index in [2.05, 4.69) is 0 Å². The molecule has 25 heavy (non-hydrogen) atoms. The Morgan fingerprint density at radius 1 is 1.12 bits per heavy atom. The van der Waals surface area contributed by atoms with E-state index in [1.165, 1.54) is 4.31 Å². The number of fused-ring (bicyclic) bond motifs is 1. The quantitative estimate of drug-likeness (QED) is 0.819. The lowest BCUT2D eigenvalue weighted by Crippen LogP contribution is -2.39. The van der Waals surface area contributed by atoms with Crippen molar-refractivity contribution in [2.75, 3.05) is 32.8 Å². The van der Waals surface area contributed by atoms with Gasteiger partial charge in [-0.2, -0.15) is 4.31 Å². The van der Waals surface area contributed by atoms with Gasteiger partial charge in [-0.3, -0.25) is 4.79 Å². The van der Waals surface area contributed by atoms with Crippen LogP contribution >= 0.6 is 0 Å². The van der Waals surface area contributed by atoms with Crippen molar-refractivity contribution in [2.45, 2.75) is 38.0 Å². The maximum absolute atomic E-state index is 13.0. The molecule has 0 atom stereocenters. The lowest BCUT2D eigenvalue weighted by atomic mass is 10.1. The molecule has 0 unspecified atom stereocenters. The van der Waals surface area contributed by atoms with Gasteiger partial charge in [0.1, 0.15) is 5.75 Å². The number of rotatable bonds is 3. The molecule has 7 heteroatoms. The fraction of sp³-hybridized carbons (Fsp3) is 0.611. The molecular formula is C18H26N2O4S. The second-order valence-corrected chi connectivity index (χ2v) is 8.90. The molecule has 6 nitrogen and oxygen atoms in total. The van der Waals surface area contributed by atoms with Gasteiger partial charge in [0.15, 0.2) is 0 Å². The molecule has 0 aliphatic carbocycles. The van der Waals surface area contributed by atoms with Crippen LogP contribution in [0, 0.1) is 5.92 Å². The Morgan fingerprint density at radius 3 is 2.68 bits per heavy atom. The minimum atomic E-state index is -3.55. The third-order valence-electron chi connectivity index (χ3n) is 4.78. The van der Waals surface area contributed by atoms with E-state index >= 15 is 0 Å². The lowest BCUT2D eigenvalue weighted by Gasteiger charge is -2.24. The van der Waals surface area contributed by atoms with Crippen molar-refractivity contribution in [1.82, 2.24) is 9.21 Å². The first-order chi connectivity index (χ1) is 11.9.